The van der Waals surface area contributed by atoms with Crippen LogP contribution in [0.4, 0.5) is 13.2 Å². The molecule has 0 atom stereocenters. The van der Waals surface area contributed by atoms with Gasteiger partial charge in [-0.05, 0) is 24.6 Å². The lowest BCUT2D eigenvalue weighted by Crippen LogP contribution is -2.21. The first kappa shape index (κ1) is 11.4. The van der Waals surface area contributed by atoms with Gasteiger partial charge in [0.25, 0.3) is 0 Å². The van der Waals surface area contributed by atoms with Gasteiger partial charge < -0.3 is 0 Å². The Hall–Kier alpha value is -2.05. The van der Waals surface area contributed by atoms with Gasteiger partial charge in [0, 0.05) is 0 Å². The topological polar surface area (TPSA) is 50.7 Å². The molecule has 0 unspecified atom stereocenters. The van der Waals surface area contributed by atoms with Crippen molar-refractivity contribution in [1.82, 2.24) is 14.8 Å². The quantitative estimate of drug-likeness (QED) is 0.831. The second-order valence-electron chi connectivity index (χ2n) is 3.52. The smallest absolute Gasteiger partial charge is 0.246 e. The van der Waals surface area contributed by atoms with Crippen LogP contribution in [0.3, 0.4) is 0 Å². The Morgan fingerprint density at radius 1 is 1.35 bits per heavy atom. The van der Waals surface area contributed by atoms with Crippen molar-refractivity contribution >= 4 is 0 Å². The number of benzene rings is 1. The van der Waals surface area contributed by atoms with E-state index in [4.69, 9.17) is 0 Å². The number of aromatic nitrogens is 3. The molecule has 2 rings (SSSR count). The second-order valence-corrected chi connectivity index (χ2v) is 3.52. The number of H-pyrrole nitrogens is 1. The first-order valence-electron chi connectivity index (χ1n) is 4.71. The lowest BCUT2D eigenvalue weighted by atomic mass is 10.2. The van der Waals surface area contributed by atoms with E-state index in [0.717, 1.165) is 5.56 Å². The second kappa shape index (κ2) is 3.76. The van der Waals surface area contributed by atoms with Crippen LogP contribution in [0, 0.1) is 6.92 Å². The normalized spacial score (nSPS) is 11.8. The molecule has 0 fully saturated rings. The van der Waals surface area contributed by atoms with Gasteiger partial charge in [0.05, 0.1) is 5.69 Å². The average Bonchev–Trinajstić information content (AvgIpc) is 2.59. The fraction of sp³-hybridized carbons (Fsp3) is 0.200. The molecule has 0 bridgehead atoms. The maximum absolute atomic E-state index is 12.6. The summed E-state index contributed by atoms with van der Waals surface area (Å²) in [6.07, 6.45) is -4.68. The van der Waals surface area contributed by atoms with Gasteiger partial charge in [-0.3, -0.25) is 0 Å². The van der Waals surface area contributed by atoms with E-state index in [1.807, 2.05) is 0 Å². The molecule has 0 spiro atoms. The van der Waals surface area contributed by atoms with E-state index in [2.05, 4.69) is 5.10 Å². The number of rotatable bonds is 1. The highest BCUT2D eigenvalue weighted by Crippen LogP contribution is 2.27. The average molecular weight is 243 g/mol. The molecule has 1 aromatic heterocycles. The molecule has 0 amide bonds. The van der Waals surface area contributed by atoms with Crippen LogP contribution in [0.2, 0.25) is 0 Å². The van der Waals surface area contributed by atoms with Crippen LogP contribution in [0.15, 0.2) is 29.1 Å². The van der Waals surface area contributed by atoms with Crippen molar-refractivity contribution < 1.29 is 13.2 Å². The van der Waals surface area contributed by atoms with Crippen LogP contribution in [-0.4, -0.2) is 14.8 Å². The minimum Gasteiger partial charge on any atom is -0.246 e. The first-order chi connectivity index (χ1) is 7.89. The summed E-state index contributed by atoms with van der Waals surface area (Å²) in [6.45, 7) is 1.72. The molecule has 0 aliphatic rings. The minimum atomic E-state index is -4.68. The Morgan fingerprint density at radius 2 is 2.06 bits per heavy atom. The van der Waals surface area contributed by atoms with Crippen molar-refractivity contribution in [3.8, 4) is 5.69 Å². The van der Waals surface area contributed by atoms with E-state index in [9.17, 15) is 18.0 Å². The van der Waals surface area contributed by atoms with E-state index in [0.29, 0.717) is 4.57 Å². The van der Waals surface area contributed by atoms with E-state index in [1.54, 1.807) is 24.2 Å². The third-order valence-electron chi connectivity index (χ3n) is 2.19. The zero-order chi connectivity index (χ0) is 12.6. The molecule has 1 heterocycles. The summed E-state index contributed by atoms with van der Waals surface area (Å²) in [6, 6.07) is 6.19. The highest BCUT2D eigenvalue weighted by molar-refractivity contribution is 5.36. The molecule has 0 saturated carbocycles. The molecule has 0 aliphatic heterocycles. The first-order valence-corrected chi connectivity index (χ1v) is 4.71. The predicted octanol–water partition coefficient (Wildman–Crippen LogP) is 1.89. The number of alkyl halides is 3. The van der Waals surface area contributed by atoms with E-state index in [1.165, 1.54) is 12.1 Å². The SMILES string of the molecule is Cc1cccc(-n2c(C(F)(F)F)n[nH]c2=O)c1. The van der Waals surface area contributed by atoms with Gasteiger partial charge in [0.1, 0.15) is 0 Å². The van der Waals surface area contributed by atoms with Gasteiger partial charge in [-0.2, -0.15) is 13.2 Å². The zero-order valence-corrected chi connectivity index (χ0v) is 8.75. The third-order valence-corrected chi connectivity index (χ3v) is 2.19. The van der Waals surface area contributed by atoms with Crippen LogP contribution >= 0.6 is 0 Å². The van der Waals surface area contributed by atoms with Crippen molar-refractivity contribution in [1.29, 1.82) is 0 Å². The maximum atomic E-state index is 12.6. The highest BCUT2D eigenvalue weighted by atomic mass is 19.4. The van der Waals surface area contributed by atoms with Crippen molar-refractivity contribution in [2.24, 2.45) is 0 Å². The standard InChI is InChI=1S/C10H8F3N3O/c1-6-3-2-4-7(5-6)16-8(10(11,12)13)14-15-9(16)17/h2-5H,1H3,(H,15,17). The van der Waals surface area contributed by atoms with Crippen molar-refractivity contribution in [2.45, 2.75) is 13.1 Å². The zero-order valence-electron chi connectivity index (χ0n) is 8.75. The Morgan fingerprint density at radius 3 is 2.65 bits per heavy atom. The molecule has 1 N–H and O–H groups in total. The predicted molar refractivity (Wildman–Crippen MR) is 53.9 cm³/mol. The van der Waals surface area contributed by atoms with Gasteiger partial charge in [0.2, 0.25) is 5.82 Å². The summed E-state index contributed by atoms with van der Waals surface area (Å²) in [5, 5.41) is 4.79. The van der Waals surface area contributed by atoms with Crippen LogP contribution in [0.1, 0.15) is 11.4 Å². The van der Waals surface area contributed by atoms with Crippen LogP contribution < -0.4 is 5.69 Å². The molecular weight excluding hydrogens is 235 g/mol. The van der Waals surface area contributed by atoms with Gasteiger partial charge in [-0.1, -0.05) is 12.1 Å². The monoisotopic (exact) mass is 243 g/mol. The van der Waals surface area contributed by atoms with Gasteiger partial charge in [-0.15, -0.1) is 5.10 Å². The molecule has 2 aromatic rings. The summed E-state index contributed by atoms with van der Waals surface area (Å²) in [4.78, 5) is 11.3. The summed E-state index contributed by atoms with van der Waals surface area (Å²) < 4.78 is 38.3. The molecule has 0 radical (unpaired) electrons. The number of halogens is 3. The fourth-order valence-electron chi connectivity index (χ4n) is 1.49. The molecule has 90 valence electrons. The van der Waals surface area contributed by atoms with E-state index >= 15 is 0 Å². The van der Waals surface area contributed by atoms with Gasteiger partial charge >= 0.3 is 11.9 Å². The minimum absolute atomic E-state index is 0.135. The van der Waals surface area contributed by atoms with Crippen molar-refractivity contribution in [2.75, 3.05) is 0 Å². The molecule has 4 nitrogen and oxygen atoms in total. The number of hydrogen-bond acceptors (Lipinski definition) is 2. The number of hydrogen-bond donors (Lipinski definition) is 1. The number of nitrogens with one attached hydrogen (secondary N) is 1. The van der Waals surface area contributed by atoms with Crippen LogP contribution in [0.25, 0.3) is 5.69 Å². The number of nitrogens with zero attached hydrogens (tertiary/aromatic N) is 2. The molecule has 0 saturated heterocycles. The Bertz CT molecular complexity index is 597. The molecular formula is C10H8F3N3O. The number of aryl methyl sites for hydroxylation is 1. The maximum Gasteiger partial charge on any atom is 0.452 e. The summed E-state index contributed by atoms with van der Waals surface area (Å²) in [5.74, 6) is -1.26. The van der Waals surface area contributed by atoms with Gasteiger partial charge in [-0.25, -0.2) is 14.5 Å². The molecule has 17 heavy (non-hydrogen) atoms. The van der Waals surface area contributed by atoms with Crippen LogP contribution in [0.5, 0.6) is 0 Å². The Labute approximate surface area is 93.7 Å². The summed E-state index contributed by atoms with van der Waals surface area (Å²) in [5.41, 5.74) is -0.0253. The Kier molecular flexibility index (Phi) is 2.53. The lowest BCUT2D eigenvalue weighted by Gasteiger charge is -2.08. The Balaban J connectivity index is 2.67. The lowest BCUT2D eigenvalue weighted by molar-refractivity contribution is -0.146. The largest absolute Gasteiger partial charge is 0.452 e. The van der Waals surface area contributed by atoms with Crippen molar-refractivity contribution in [3.63, 3.8) is 0 Å². The fourth-order valence-corrected chi connectivity index (χ4v) is 1.49. The van der Waals surface area contributed by atoms with Crippen molar-refractivity contribution in [3.05, 3.63) is 46.1 Å². The summed E-state index contributed by atoms with van der Waals surface area (Å²) >= 11 is 0. The molecule has 1 aromatic carbocycles. The van der Waals surface area contributed by atoms with Crippen LogP contribution in [-0.2, 0) is 6.18 Å². The number of aromatic amines is 1. The summed E-state index contributed by atoms with van der Waals surface area (Å²) in [7, 11) is 0. The highest BCUT2D eigenvalue weighted by Gasteiger charge is 2.38. The molecule has 0 aliphatic carbocycles. The van der Waals surface area contributed by atoms with E-state index in [-0.39, 0.29) is 5.69 Å². The van der Waals surface area contributed by atoms with E-state index < -0.39 is 17.7 Å². The third kappa shape index (κ3) is 2.08. The molecule has 7 heteroatoms. The van der Waals surface area contributed by atoms with Gasteiger partial charge in [0.15, 0.2) is 0 Å².